The number of rotatable bonds is 5. The van der Waals surface area contributed by atoms with E-state index in [4.69, 9.17) is 4.74 Å². The molecule has 1 aromatic carbocycles. The molecule has 0 saturated carbocycles. The molecule has 4 rings (SSSR count). The molecule has 166 valence electrons. The van der Waals surface area contributed by atoms with E-state index >= 15 is 0 Å². The van der Waals surface area contributed by atoms with Gasteiger partial charge in [-0.3, -0.25) is 4.79 Å². The maximum Gasteiger partial charge on any atom is 0.266 e. The lowest BCUT2D eigenvalue weighted by molar-refractivity contribution is -0.122. The molecule has 0 bridgehead atoms. The Balaban J connectivity index is 1.79. The van der Waals surface area contributed by atoms with Crippen LogP contribution in [0.1, 0.15) is 31.7 Å². The number of aryl methyl sites for hydroxylation is 2. The number of benzene rings is 1. The van der Waals surface area contributed by atoms with E-state index in [9.17, 15) is 13.2 Å². The van der Waals surface area contributed by atoms with Gasteiger partial charge in [0.2, 0.25) is 0 Å². The third-order valence-electron chi connectivity index (χ3n) is 5.52. The SMILES string of the molecule is CCn1c(=NC(=O)C2CCCCN2S(=O)(=O)c2cccs2)sc2c(C)ccc(OC)c21. The second-order valence-electron chi connectivity index (χ2n) is 7.40. The number of methoxy groups -OCH3 is 1. The Bertz CT molecular complexity index is 1270. The molecule has 0 spiro atoms. The fraction of sp³-hybridized carbons (Fsp3) is 0.429. The second kappa shape index (κ2) is 8.85. The minimum atomic E-state index is -3.72. The second-order valence-corrected chi connectivity index (χ2v) is 11.4. The van der Waals surface area contributed by atoms with Crippen LogP contribution in [0.4, 0.5) is 0 Å². The molecule has 10 heteroatoms. The van der Waals surface area contributed by atoms with Crippen LogP contribution in [0.25, 0.3) is 10.2 Å². The average Bonchev–Trinajstić information content (AvgIpc) is 3.43. The number of piperidine rings is 1. The quantitative estimate of drug-likeness (QED) is 0.558. The van der Waals surface area contributed by atoms with Crippen LogP contribution in [0.3, 0.4) is 0 Å². The number of thiazole rings is 1. The number of thiophene rings is 1. The van der Waals surface area contributed by atoms with Crippen LogP contribution in [0.15, 0.2) is 38.8 Å². The van der Waals surface area contributed by atoms with Gasteiger partial charge >= 0.3 is 0 Å². The number of ether oxygens (including phenoxy) is 1. The van der Waals surface area contributed by atoms with Gasteiger partial charge in [0.05, 0.1) is 11.8 Å². The lowest BCUT2D eigenvalue weighted by Gasteiger charge is -2.31. The van der Waals surface area contributed by atoms with Crippen molar-refractivity contribution in [2.75, 3.05) is 13.7 Å². The van der Waals surface area contributed by atoms with Crippen LogP contribution in [0.2, 0.25) is 0 Å². The van der Waals surface area contributed by atoms with Crippen molar-refractivity contribution in [2.24, 2.45) is 4.99 Å². The van der Waals surface area contributed by atoms with Gasteiger partial charge in [0.15, 0.2) is 4.80 Å². The van der Waals surface area contributed by atoms with E-state index in [1.54, 1.807) is 24.6 Å². The third kappa shape index (κ3) is 3.97. The number of nitrogens with zero attached hydrogens (tertiary/aromatic N) is 3. The molecule has 0 radical (unpaired) electrons. The van der Waals surface area contributed by atoms with Crippen molar-refractivity contribution in [3.8, 4) is 5.75 Å². The Morgan fingerprint density at radius 3 is 2.77 bits per heavy atom. The molecule has 1 fully saturated rings. The van der Waals surface area contributed by atoms with Crippen LogP contribution < -0.4 is 9.54 Å². The molecule has 31 heavy (non-hydrogen) atoms. The van der Waals surface area contributed by atoms with Gasteiger partial charge in [-0.25, -0.2) is 8.42 Å². The standard InChI is InChI=1S/C21H25N3O4S3/c1-4-23-18-16(28-3)11-10-14(2)19(18)30-21(23)22-20(25)15-8-5-6-12-24(15)31(26,27)17-9-7-13-29-17/h7,9-11,13,15H,4-6,8,12H2,1-3H3. The van der Waals surface area contributed by atoms with Crippen molar-refractivity contribution < 1.29 is 17.9 Å². The largest absolute Gasteiger partial charge is 0.495 e. The molecule has 1 amide bonds. The lowest BCUT2D eigenvalue weighted by atomic mass is 10.0. The molecule has 1 unspecified atom stereocenters. The molecule has 1 aliphatic heterocycles. The summed E-state index contributed by atoms with van der Waals surface area (Å²) in [5, 5.41) is 1.73. The fourth-order valence-electron chi connectivity index (χ4n) is 3.96. The summed E-state index contributed by atoms with van der Waals surface area (Å²) < 4.78 is 36.4. The summed E-state index contributed by atoms with van der Waals surface area (Å²) in [6.45, 7) is 4.96. The first-order chi connectivity index (χ1) is 14.9. The summed E-state index contributed by atoms with van der Waals surface area (Å²) >= 11 is 2.60. The van der Waals surface area contributed by atoms with Crippen molar-refractivity contribution in [3.05, 3.63) is 40.0 Å². The first-order valence-electron chi connectivity index (χ1n) is 10.2. The number of hydrogen-bond donors (Lipinski definition) is 0. The Morgan fingerprint density at radius 1 is 1.29 bits per heavy atom. The van der Waals surface area contributed by atoms with Crippen molar-refractivity contribution >= 4 is 48.8 Å². The summed E-state index contributed by atoms with van der Waals surface area (Å²) in [7, 11) is -2.09. The molecule has 3 heterocycles. The van der Waals surface area contributed by atoms with Gasteiger partial charge in [-0.15, -0.1) is 11.3 Å². The molecule has 7 nitrogen and oxygen atoms in total. The van der Waals surface area contributed by atoms with E-state index in [0.29, 0.717) is 24.3 Å². The van der Waals surface area contributed by atoms with Gasteiger partial charge in [-0.05, 0) is 49.8 Å². The first-order valence-corrected chi connectivity index (χ1v) is 13.3. The summed E-state index contributed by atoms with van der Waals surface area (Å²) in [6.07, 6.45) is 2.02. The van der Waals surface area contributed by atoms with Crippen LogP contribution in [0.5, 0.6) is 5.75 Å². The zero-order chi connectivity index (χ0) is 22.2. The number of carbonyl (C=O) groups is 1. The average molecular weight is 480 g/mol. The third-order valence-corrected chi connectivity index (χ3v) is 10.0. The summed E-state index contributed by atoms with van der Waals surface area (Å²) in [5.74, 6) is 0.317. The highest BCUT2D eigenvalue weighted by Gasteiger charge is 2.38. The van der Waals surface area contributed by atoms with E-state index in [1.165, 1.54) is 27.0 Å². The zero-order valence-corrected chi connectivity index (χ0v) is 20.1. The van der Waals surface area contributed by atoms with Crippen LogP contribution in [0, 0.1) is 6.92 Å². The highest BCUT2D eigenvalue weighted by Crippen LogP contribution is 2.31. The van der Waals surface area contributed by atoms with Crippen LogP contribution in [-0.4, -0.2) is 42.9 Å². The molecule has 1 atom stereocenters. The zero-order valence-electron chi connectivity index (χ0n) is 17.7. The molecule has 0 N–H and O–H groups in total. The summed E-state index contributed by atoms with van der Waals surface area (Å²) in [4.78, 5) is 18.3. The first kappa shape index (κ1) is 22.2. The van der Waals surface area contributed by atoms with E-state index in [2.05, 4.69) is 4.99 Å². The van der Waals surface area contributed by atoms with E-state index < -0.39 is 22.0 Å². The smallest absolute Gasteiger partial charge is 0.266 e. The number of amides is 1. The Morgan fingerprint density at radius 2 is 2.10 bits per heavy atom. The molecular weight excluding hydrogens is 454 g/mol. The van der Waals surface area contributed by atoms with E-state index in [0.717, 1.165) is 34.4 Å². The van der Waals surface area contributed by atoms with Crippen molar-refractivity contribution in [2.45, 2.75) is 49.9 Å². The molecule has 1 aliphatic rings. The Kier molecular flexibility index (Phi) is 6.34. The highest BCUT2D eigenvalue weighted by atomic mass is 32.2. The monoisotopic (exact) mass is 479 g/mol. The summed E-state index contributed by atoms with van der Waals surface area (Å²) in [6, 6.07) is 6.41. The minimum absolute atomic E-state index is 0.262. The normalized spacial score (nSPS) is 18.5. The molecule has 0 aliphatic carbocycles. The number of fused-ring (bicyclic) bond motifs is 1. The molecular formula is C21H25N3O4S3. The van der Waals surface area contributed by atoms with Gasteiger partial charge in [-0.1, -0.05) is 29.9 Å². The maximum absolute atomic E-state index is 13.3. The van der Waals surface area contributed by atoms with E-state index in [-0.39, 0.29) is 4.21 Å². The van der Waals surface area contributed by atoms with Crippen molar-refractivity contribution in [3.63, 3.8) is 0 Å². The van der Waals surface area contributed by atoms with Crippen molar-refractivity contribution in [1.29, 1.82) is 0 Å². The Labute approximate surface area is 189 Å². The minimum Gasteiger partial charge on any atom is -0.495 e. The van der Waals surface area contributed by atoms with Crippen molar-refractivity contribution in [1.82, 2.24) is 8.87 Å². The van der Waals surface area contributed by atoms with E-state index in [1.807, 2.05) is 30.5 Å². The van der Waals surface area contributed by atoms with Gasteiger partial charge in [0.25, 0.3) is 15.9 Å². The predicted molar refractivity (Wildman–Crippen MR) is 123 cm³/mol. The Hall–Kier alpha value is -2.01. The number of hydrogen-bond acceptors (Lipinski definition) is 6. The number of carbonyl (C=O) groups excluding carboxylic acids is 1. The van der Waals surface area contributed by atoms with Crippen LogP contribution in [-0.2, 0) is 21.4 Å². The number of aromatic nitrogens is 1. The molecule has 3 aromatic rings. The van der Waals surface area contributed by atoms with Gasteiger partial charge in [0.1, 0.15) is 21.5 Å². The van der Waals surface area contributed by atoms with Gasteiger partial charge in [-0.2, -0.15) is 9.30 Å². The topological polar surface area (TPSA) is 81.0 Å². The van der Waals surface area contributed by atoms with Crippen LogP contribution >= 0.6 is 22.7 Å². The molecule has 1 saturated heterocycles. The summed E-state index contributed by atoms with van der Waals surface area (Å²) in [5.41, 5.74) is 1.99. The molecule has 2 aromatic heterocycles. The maximum atomic E-state index is 13.3. The number of sulfonamides is 1. The van der Waals surface area contributed by atoms with Gasteiger partial charge < -0.3 is 9.30 Å². The fourth-order valence-corrected chi connectivity index (χ4v) is 7.91. The predicted octanol–water partition coefficient (Wildman–Crippen LogP) is 3.77. The van der Waals surface area contributed by atoms with Gasteiger partial charge in [0, 0.05) is 13.1 Å². The highest BCUT2D eigenvalue weighted by molar-refractivity contribution is 7.91. The lowest BCUT2D eigenvalue weighted by Crippen LogP contribution is -2.47.